The molecule has 2 rings (SSSR count). The molecule has 0 unspecified atom stereocenters. The van der Waals surface area contributed by atoms with Gasteiger partial charge in [0.25, 0.3) is 5.92 Å². The highest BCUT2D eigenvalue weighted by atomic mass is 32.1. The first-order chi connectivity index (χ1) is 11.2. The average Bonchev–Trinajstić information content (AvgIpc) is 2.90. The summed E-state index contributed by atoms with van der Waals surface area (Å²) in [5, 5.41) is 9.97. The lowest BCUT2D eigenvalue weighted by atomic mass is 10.1. The van der Waals surface area contributed by atoms with Crippen LogP contribution in [0.4, 0.5) is 8.78 Å². The smallest absolute Gasteiger partial charge is 0.347 e. The molecule has 1 aromatic heterocycles. The van der Waals surface area contributed by atoms with E-state index < -0.39 is 18.4 Å². The number of rotatable bonds is 6. The lowest BCUT2D eigenvalue weighted by Gasteiger charge is -2.22. The van der Waals surface area contributed by atoms with Gasteiger partial charge in [0.15, 0.2) is 0 Å². The predicted octanol–water partition coefficient (Wildman–Crippen LogP) is 2.37. The normalized spacial score (nSPS) is 12.2. The number of nitrogens with zero attached hydrogens (tertiary/aromatic N) is 2. The van der Waals surface area contributed by atoms with Crippen molar-refractivity contribution in [2.45, 2.75) is 12.8 Å². The number of hydrazine groups is 1. The number of nitrogens with two attached hydrogens (primary N) is 2. The van der Waals surface area contributed by atoms with Gasteiger partial charge in [0, 0.05) is 11.8 Å². The zero-order chi connectivity index (χ0) is 17.9. The fraction of sp³-hybridized carbons (Fsp3) is 0.200. The van der Waals surface area contributed by atoms with Crippen molar-refractivity contribution in [3.63, 3.8) is 0 Å². The molecule has 0 aliphatic heterocycles. The van der Waals surface area contributed by atoms with E-state index in [4.69, 9.17) is 16.7 Å². The van der Waals surface area contributed by atoms with E-state index in [1.807, 2.05) is 0 Å². The van der Waals surface area contributed by atoms with Crippen LogP contribution in [0.1, 0.15) is 25.9 Å². The number of aromatic nitrogens is 1. The fourth-order valence-corrected chi connectivity index (χ4v) is 2.83. The Labute approximate surface area is 141 Å². The van der Waals surface area contributed by atoms with E-state index >= 15 is 0 Å². The molecule has 0 aliphatic rings. The van der Waals surface area contributed by atoms with Crippen LogP contribution in [0, 0.1) is 6.92 Å². The Morgan fingerprint density at radius 3 is 2.58 bits per heavy atom. The highest BCUT2D eigenvalue weighted by Crippen LogP contribution is 2.28. The number of aromatic carboxylic acids is 1. The molecule has 0 bridgehead atoms. The third-order valence-corrected chi connectivity index (χ3v) is 4.31. The van der Waals surface area contributed by atoms with E-state index in [1.165, 1.54) is 31.2 Å². The van der Waals surface area contributed by atoms with Crippen molar-refractivity contribution in [2.24, 2.45) is 11.6 Å². The largest absolute Gasteiger partial charge is 0.477 e. The number of carbonyl (C=O) groups is 1. The molecule has 1 aromatic carbocycles. The molecular weight excluding hydrogens is 338 g/mol. The van der Waals surface area contributed by atoms with E-state index in [1.54, 1.807) is 6.07 Å². The maximum absolute atomic E-state index is 14.2. The van der Waals surface area contributed by atoms with Crippen LogP contribution < -0.4 is 11.6 Å². The summed E-state index contributed by atoms with van der Waals surface area (Å²) >= 11 is 0.858. The first-order valence-electron chi connectivity index (χ1n) is 6.84. The van der Waals surface area contributed by atoms with Gasteiger partial charge in [0.1, 0.15) is 16.4 Å². The molecule has 0 saturated carbocycles. The summed E-state index contributed by atoms with van der Waals surface area (Å²) in [6, 6.07) is 7.29. The zero-order valence-corrected chi connectivity index (χ0v) is 13.6. The molecule has 0 saturated heterocycles. The van der Waals surface area contributed by atoms with Crippen molar-refractivity contribution >= 4 is 23.0 Å². The topological polar surface area (TPSA) is 105 Å². The van der Waals surface area contributed by atoms with Gasteiger partial charge in [-0.3, -0.25) is 0 Å². The van der Waals surface area contributed by atoms with Gasteiger partial charge in [-0.25, -0.2) is 15.6 Å². The first kappa shape index (κ1) is 17.8. The third kappa shape index (κ3) is 4.06. The molecule has 0 amide bonds. The highest BCUT2D eigenvalue weighted by molar-refractivity contribution is 7.14. The number of aryl methyl sites for hydroxylation is 1. The molecule has 128 valence electrons. The maximum atomic E-state index is 14.2. The van der Waals surface area contributed by atoms with Crippen molar-refractivity contribution < 1.29 is 18.7 Å². The molecule has 0 aliphatic carbocycles. The van der Waals surface area contributed by atoms with Gasteiger partial charge in [0.2, 0.25) is 0 Å². The van der Waals surface area contributed by atoms with E-state index in [-0.39, 0.29) is 21.1 Å². The minimum Gasteiger partial charge on any atom is -0.477 e. The standard InChI is InChI=1S/C15H16F2N4O2S/c1-9-12(14(22)23)24-13(20-9)11(18)7-21(19)8-15(16,17)10-5-3-2-4-6-10/h2-7H,8,18-19H2,1H3,(H,22,23)/b11-7-. The SMILES string of the molecule is Cc1nc(/C(N)=C/N(N)CC(F)(F)c2ccccc2)sc1C(=O)O. The summed E-state index contributed by atoms with van der Waals surface area (Å²) < 4.78 is 28.3. The summed E-state index contributed by atoms with van der Waals surface area (Å²) in [6.45, 7) is 0.744. The minimum absolute atomic E-state index is 0.0157. The van der Waals surface area contributed by atoms with Gasteiger partial charge in [-0.2, -0.15) is 8.78 Å². The van der Waals surface area contributed by atoms with Crippen molar-refractivity contribution in [1.29, 1.82) is 0 Å². The van der Waals surface area contributed by atoms with E-state index in [0.717, 1.165) is 22.5 Å². The fourth-order valence-electron chi connectivity index (χ4n) is 2.00. The number of halogens is 2. The van der Waals surface area contributed by atoms with Crippen LogP contribution in [-0.2, 0) is 5.92 Å². The molecule has 24 heavy (non-hydrogen) atoms. The van der Waals surface area contributed by atoms with Gasteiger partial charge in [-0.15, -0.1) is 11.3 Å². The molecule has 0 radical (unpaired) electrons. The van der Waals surface area contributed by atoms with Crippen LogP contribution >= 0.6 is 11.3 Å². The summed E-state index contributed by atoms with van der Waals surface area (Å²) in [5.74, 6) is 1.31. The van der Waals surface area contributed by atoms with Crippen LogP contribution in [0.25, 0.3) is 5.70 Å². The van der Waals surface area contributed by atoms with E-state index in [0.29, 0.717) is 5.69 Å². The van der Waals surface area contributed by atoms with E-state index in [9.17, 15) is 13.6 Å². The van der Waals surface area contributed by atoms with Crippen LogP contribution in [-0.4, -0.2) is 27.6 Å². The van der Waals surface area contributed by atoms with Crippen LogP contribution in [0.3, 0.4) is 0 Å². The second kappa shape index (κ2) is 6.93. The van der Waals surface area contributed by atoms with Gasteiger partial charge in [-0.05, 0) is 6.92 Å². The number of benzene rings is 1. The summed E-state index contributed by atoms with van der Waals surface area (Å²) in [4.78, 5) is 15.1. The second-order valence-electron chi connectivity index (χ2n) is 5.07. The summed E-state index contributed by atoms with van der Waals surface area (Å²) in [5.41, 5.74) is 5.94. The first-order valence-corrected chi connectivity index (χ1v) is 7.65. The minimum atomic E-state index is -3.17. The molecular formula is C15H16F2N4O2S. The third-order valence-electron chi connectivity index (χ3n) is 3.12. The van der Waals surface area contributed by atoms with Gasteiger partial charge < -0.3 is 15.8 Å². The van der Waals surface area contributed by atoms with Gasteiger partial charge in [-0.1, -0.05) is 30.3 Å². The van der Waals surface area contributed by atoms with Crippen LogP contribution in [0.5, 0.6) is 0 Å². The predicted molar refractivity (Wildman–Crippen MR) is 87.2 cm³/mol. The van der Waals surface area contributed by atoms with Gasteiger partial charge in [0.05, 0.1) is 11.4 Å². The number of carboxylic acids is 1. The molecule has 1 heterocycles. The Hall–Kier alpha value is -2.52. The monoisotopic (exact) mass is 354 g/mol. The molecule has 6 nitrogen and oxygen atoms in total. The Morgan fingerprint density at radius 2 is 2.04 bits per heavy atom. The van der Waals surface area contributed by atoms with Crippen LogP contribution in [0.15, 0.2) is 36.5 Å². The Kier molecular flexibility index (Phi) is 5.15. The number of carboxylic acid groups (broad SMARTS) is 1. The van der Waals surface area contributed by atoms with Crippen molar-refractivity contribution in [1.82, 2.24) is 9.99 Å². The van der Waals surface area contributed by atoms with Crippen molar-refractivity contribution in [3.8, 4) is 0 Å². The number of hydrogen-bond donors (Lipinski definition) is 3. The number of alkyl halides is 2. The highest BCUT2D eigenvalue weighted by Gasteiger charge is 2.32. The molecule has 5 N–H and O–H groups in total. The molecule has 0 fully saturated rings. The number of hydrogen-bond acceptors (Lipinski definition) is 6. The zero-order valence-electron chi connectivity index (χ0n) is 12.7. The van der Waals surface area contributed by atoms with Crippen LogP contribution in [0.2, 0.25) is 0 Å². The lowest BCUT2D eigenvalue weighted by molar-refractivity contribution is -0.0277. The maximum Gasteiger partial charge on any atom is 0.347 e. The summed E-state index contributed by atoms with van der Waals surface area (Å²) in [7, 11) is 0. The van der Waals surface area contributed by atoms with Gasteiger partial charge >= 0.3 is 5.97 Å². The van der Waals surface area contributed by atoms with Crippen molar-refractivity contribution in [3.05, 3.63) is 57.7 Å². The average molecular weight is 354 g/mol. The second-order valence-corrected chi connectivity index (χ2v) is 6.07. The molecule has 9 heteroatoms. The molecule has 0 spiro atoms. The molecule has 2 aromatic rings. The quantitative estimate of drug-likeness (QED) is 0.543. The number of thiazole rings is 1. The summed E-state index contributed by atoms with van der Waals surface area (Å²) in [6.07, 6.45) is 1.11. The Morgan fingerprint density at radius 1 is 1.42 bits per heavy atom. The lowest BCUT2D eigenvalue weighted by Crippen LogP contribution is -2.37. The Bertz CT molecular complexity index is 762. The molecule has 0 atom stereocenters. The van der Waals surface area contributed by atoms with Crippen molar-refractivity contribution in [2.75, 3.05) is 6.54 Å². The Balaban J connectivity index is 2.15. The van der Waals surface area contributed by atoms with E-state index in [2.05, 4.69) is 4.98 Å².